The highest BCUT2D eigenvalue weighted by molar-refractivity contribution is 6.30. The van der Waals surface area contributed by atoms with E-state index in [1.165, 1.54) is 6.42 Å². The van der Waals surface area contributed by atoms with E-state index in [1.54, 1.807) is 12.1 Å². The normalized spacial score (nSPS) is 25.2. The van der Waals surface area contributed by atoms with Gasteiger partial charge < -0.3 is 5.32 Å². The maximum Gasteiger partial charge on any atom is 0.142 e. The number of benzene rings is 1. The van der Waals surface area contributed by atoms with Crippen LogP contribution in [-0.2, 0) is 6.54 Å². The molecule has 2 aliphatic heterocycles. The molecule has 0 spiro atoms. The molecule has 0 saturated carbocycles. The van der Waals surface area contributed by atoms with E-state index in [2.05, 4.69) is 15.1 Å². The lowest BCUT2D eigenvalue weighted by atomic mass is 10.1. The van der Waals surface area contributed by atoms with Crippen molar-refractivity contribution in [3.8, 4) is 0 Å². The summed E-state index contributed by atoms with van der Waals surface area (Å²) < 4.78 is 13.4. The van der Waals surface area contributed by atoms with E-state index >= 15 is 0 Å². The van der Waals surface area contributed by atoms with Gasteiger partial charge in [0.15, 0.2) is 0 Å². The van der Waals surface area contributed by atoms with E-state index in [-0.39, 0.29) is 10.8 Å². The van der Waals surface area contributed by atoms with E-state index in [4.69, 9.17) is 11.6 Å². The van der Waals surface area contributed by atoms with Gasteiger partial charge in [-0.1, -0.05) is 17.7 Å². The molecule has 1 atom stereocenters. The van der Waals surface area contributed by atoms with Gasteiger partial charge in [0.1, 0.15) is 5.82 Å². The van der Waals surface area contributed by atoms with Gasteiger partial charge in [0, 0.05) is 45.3 Å². The number of rotatable bonds is 3. The molecule has 0 aromatic heterocycles. The van der Waals surface area contributed by atoms with Crippen molar-refractivity contribution in [1.82, 2.24) is 15.1 Å². The molecule has 110 valence electrons. The molecule has 2 saturated heterocycles. The molecule has 5 heteroatoms. The molecule has 1 unspecified atom stereocenters. The Morgan fingerprint density at radius 1 is 1.25 bits per heavy atom. The predicted molar refractivity (Wildman–Crippen MR) is 79.5 cm³/mol. The molecule has 0 bridgehead atoms. The third kappa shape index (κ3) is 3.31. The maximum atomic E-state index is 13.4. The summed E-state index contributed by atoms with van der Waals surface area (Å²) in [7, 11) is 0. The molecule has 0 radical (unpaired) electrons. The van der Waals surface area contributed by atoms with Crippen LogP contribution in [0.2, 0.25) is 5.02 Å². The summed E-state index contributed by atoms with van der Waals surface area (Å²) in [6, 6.07) is 5.83. The van der Waals surface area contributed by atoms with Crippen molar-refractivity contribution in [2.45, 2.75) is 19.0 Å². The Morgan fingerprint density at radius 2 is 2.05 bits per heavy atom. The monoisotopic (exact) mass is 297 g/mol. The molecule has 2 aliphatic rings. The number of nitrogens with one attached hydrogen (secondary N) is 1. The van der Waals surface area contributed by atoms with Gasteiger partial charge in [-0.05, 0) is 30.7 Å². The van der Waals surface area contributed by atoms with E-state index in [1.807, 2.05) is 6.07 Å². The second kappa shape index (κ2) is 6.39. The van der Waals surface area contributed by atoms with Gasteiger partial charge in [0.25, 0.3) is 0 Å². The van der Waals surface area contributed by atoms with Gasteiger partial charge in [-0.15, -0.1) is 0 Å². The van der Waals surface area contributed by atoms with E-state index in [0.29, 0.717) is 6.04 Å². The summed E-state index contributed by atoms with van der Waals surface area (Å²) in [6.45, 7) is 7.43. The van der Waals surface area contributed by atoms with Crippen LogP contribution >= 0.6 is 11.6 Å². The standard InChI is InChI=1S/C15H21ClFN3/c16-14-2-1-12(9-15(14)17)11-19-5-7-20(8-6-19)13-3-4-18-10-13/h1-2,9,13,18H,3-8,10-11H2. The minimum absolute atomic E-state index is 0.201. The number of piperazine rings is 1. The zero-order valence-corrected chi connectivity index (χ0v) is 12.4. The molecular weight excluding hydrogens is 277 g/mol. The fraction of sp³-hybridized carbons (Fsp3) is 0.600. The first-order chi connectivity index (χ1) is 9.72. The highest BCUT2D eigenvalue weighted by atomic mass is 35.5. The van der Waals surface area contributed by atoms with Crippen molar-refractivity contribution in [3.05, 3.63) is 34.6 Å². The summed E-state index contributed by atoms with van der Waals surface area (Å²) in [6.07, 6.45) is 1.27. The van der Waals surface area contributed by atoms with Crippen molar-refractivity contribution < 1.29 is 4.39 Å². The Kier molecular flexibility index (Phi) is 4.56. The van der Waals surface area contributed by atoms with Gasteiger partial charge in [-0.3, -0.25) is 9.80 Å². The van der Waals surface area contributed by atoms with Crippen LogP contribution in [0.4, 0.5) is 4.39 Å². The molecule has 20 heavy (non-hydrogen) atoms. The second-order valence-corrected chi connectivity index (χ2v) is 6.11. The van der Waals surface area contributed by atoms with Crippen LogP contribution in [-0.4, -0.2) is 55.1 Å². The Labute approximate surface area is 124 Å². The van der Waals surface area contributed by atoms with Gasteiger partial charge >= 0.3 is 0 Å². The van der Waals surface area contributed by atoms with Crippen LogP contribution in [0.1, 0.15) is 12.0 Å². The van der Waals surface area contributed by atoms with Crippen LogP contribution in [0.3, 0.4) is 0 Å². The van der Waals surface area contributed by atoms with Crippen LogP contribution in [0.25, 0.3) is 0 Å². The predicted octanol–water partition coefficient (Wildman–Crippen LogP) is 1.96. The lowest BCUT2D eigenvalue weighted by Gasteiger charge is -2.37. The number of hydrogen-bond donors (Lipinski definition) is 1. The smallest absolute Gasteiger partial charge is 0.142 e. The van der Waals surface area contributed by atoms with E-state index in [9.17, 15) is 4.39 Å². The van der Waals surface area contributed by atoms with Gasteiger partial charge in [0.05, 0.1) is 5.02 Å². The molecule has 3 rings (SSSR count). The molecule has 1 N–H and O–H groups in total. The summed E-state index contributed by atoms with van der Waals surface area (Å²) >= 11 is 5.71. The van der Waals surface area contributed by atoms with Crippen molar-refractivity contribution in [2.24, 2.45) is 0 Å². The SMILES string of the molecule is Fc1cc(CN2CCN(C3CCNC3)CC2)ccc1Cl. The third-order valence-electron chi connectivity index (χ3n) is 4.35. The van der Waals surface area contributed by atoms with Crippen molar-refractivity contribution in [1.29, 1.82) is 0 Å². The molecule has 0 aliphatic carbocycles. The average Bonchev–Trinajstić information content (AvgIpc) is 2.98. The largest absolute Gasteiger partial charge is 0.315 e. The van der Waals surface area contributed by atoms with Crippen LogP contribution in [0.5, 0.6) is 0 Å². The number of hydrogen-bond acceptors (Lipinski definition) is 3. The van der Waals surface area contributed by atoms with E-state index < -0.39 is 0 Å². The topological polar surface area (TPSA) is 18.5 Å². The molecule has 2 fully saturated rings. The van der Waals surface area contributed by atoms with Gasteiger partial charge in [0.2, 0.25) is 0 Å². The Bertz CT molecular complexity index is 454. The molecule has 1 aromatic rings. The Morgan fingerprint density at radius 3 is 2.70 bits per heavy atom. The Hall–Kier alpha value is -0.680. The zero-order chi connectivity index (χ0) is 13.9. The van der Waals surface area contributed by atoms with Crippen molar-refractivity contribution >= 4 is 11.6 Å². The summed E-state index contributed by atoms with van der Waals surface area (Å²) in [5.74, 6) is -0.320. The first kappa shape index (κ1) is 14.3. The quantitative estimate of drug-likeness (QED) is 0.920. The lowest BCUT2D eigenvalue weighted by Crippen LogP contribution is -2.50. The molecule has 1 aromatic carbocycles. The van der Waals surface area contributed by atoms with Crippen LogP contribution in [0, 0.1) is 5.82 Å². The summed E-state index contributed by atoms with van der Waals surface area (Å²) in [5.41, 5.74) is 1.00. The van der Waals surface area contributed by atoms with Crippen molar-refractivity contribution in [3.63, 3.8) is 0 Å². The molecule has 3 nitrogen and oxygen atoms in total. The zero-order valence-electron chi connectivity index (χ0n) is 11.6. The molecule has 0 amide bonds. The number of nitrogens with zero attached hydrogens (tertiary/aromatic N) is 2. The summed E-state index contributed by atoms with van der Waals surface area (Å²) in [5, 5.41) is 3.62. The minimum atomic E-state index is -0.320. The van der Waals surface area contributed by atoms with Gasteiger partial charge in [-0.2, -0.15) is 0 Å². The van der Waals surface area contributed by atoms with Crippen LogP contribution < -0.4 is 5.32 Å². The van der Waals surface area contributed by atoms with Gasteiger partial charge in [-0.25, -0.2) is 4.39 Å². The molecular formula is C15H21ClFN3. The first-order valence-electron chi connectivity index (χ1n) is 7.33. The van der Waals surface area contributed by atoms with E-state index in [0.717, 1.165) is 51.4 Å². The first-order valence-corrected chi connectivity index (χ1v) is 7.71. The number of halogens is 2. The summed E-state index contributed by atoms with van der Waals surface area (Å²) in [4.78, 5) is 4.97. The molecule has 2 heterocycles. The lowest BCUT2D eigenvalue weighted by molar-refractivity contribution is 0.0981. The highest BCUT2D eigenvalue weighted by Crippen LogP contribution is 2.18. The highest BCUT2D eigenvalue weighted by Gasteiger charge is 2.25. The fourth-order valence-electron chi connectivity index (χ4n) is 3.13. The maximum absolute atomic E-state index is 13.4. The average molecular weight is 298 g/mol. The third-order valence-corrected chi connectivity index (χ3v) is 4.65. The van der Waals surface area contributed by atoms with Crippen LogP contribution in [0.15, 0.2) is 18.2 Å². The fourth-order valence-corrected chi connectivity index (χ4v) is 3.25. The Balaban J connectivity index is 1.51. The minimum Gasteiger partial charge on any atom is -0.315 e. The van der Waals surface area contributed by atoms with Crippen molar-refractivity contribution in [2.75, 3.05) is 39.3 Å². The second-order valence-electron chi connectivity index (χ2n) is 5.71.